The quantitative estimate of drug-likeness (QED) is 0.594. The first kappa shape index (κ1) is 7.19. The van der Waals surface area contributed by atoms with Crippen LogP contribution in [0.25, 0.3) is 0 Å². The number of benzene rings is 1. The largest absolute Gasteiger partial charge is 0.251 e. The zero-order chi connectivity index (χ0) is 7.40. The molecule has 0 nitrogen and oxygen atoms in total. The van der Waals surface area contributed by atoms with Gasteiger partial charge in [-0.3, -0.25) is 4.39 Å². The van der Waals surface area contributed by atoms with Gasteiger partial charge in [0.2, 0.25) is 0 Å². The Bertz CT molecular complexity index is 191. The fourth-order valence-corrected chi connectivity index (χ4v) is 0.760. The lowest BCUT2D eigenvalue weighted by atomic mass is 10.2. The van der Waals surface area contributed by atoms with Crippen LogP contribution in [-0.4, -0.2) is 6.67 Å². The molecule has 0 N–H and O–H groups in total. The van der Waals surface area contributed by atoms with E-state index in [1.807, 2.05) is 0 Å². The molecule has 0 saturated heterocycles. The summed E-state index contributed by atoms with van der Waals surface area (Å²) in [6, 6.07) is 5.86. The van der Waals surface area contributed by atoms with Gasteiger partial charge in [-0.2, -0.15) is 0 Å². The average molecular weight is 142 g/mol. The SMILES string of the molecule is FCCc1ccc(F)cc1. The third-order valence-electron chi connectivity index (χ3n) is 1.30. The highest BCUT2D eigenvalue weighted by molar-refractivity contribution is 5.15. The van der Waals surface area contributed by atoms with E-state index in [-0.39, 0.29) is 12.5 Å². The van der Waals surface area contributed by atoms with Crippen molar-refractivity contribution in [2.24, 2.45) is 0 Å². The first-order valence-corrected chi connectivity index (χ1v) is 3.13. The Hall–Kier alpha value is -0.920. The minimum Gasteiger partial charge on any atom is -0.251 e. The number of hydrogen-bond acceptors (Lipinski definition) is 0. The molecular weight excluding hydrogens is 134 g/mol. The molecule has 1 aromatic rings. The maximum absolute atomic E-state index is 12.2. The van der Waals surface area contributed by atoms with Crippen LogP contribution in [0, 0.1) is 5.82 Å². The Morgan fingerprint density at radius 1 is 1.10 bits per heavy atom. The normalized spacial score (nSPS) is 9.80. The van der Waals surface area contributed by atoms with Crippen LogP contribution >= 0.6 is 0 Å². The van der Waals surface area contributed by atoms with Crippen LogP contribution in [0.3, 0.4) is 0 Å². The molecule has 0 spiro atoms. The van der Waals surface area contributed by atoms with Gasteiger partial charge in [0.05, 0.1) is 6.67 Å². The summed E-state index contributed by atoms with van der Waals surface area (Å²) in [4.78, 5) is 0. The summed E-state index contributed by atoms with van der Waals surface area (Å²) < 4.78 is 23.9. The van der Waals surface area contributed by atoms with E-state index in [0.29, 0.717) is 6.42 Å². The molecule has 2 heteroatoms. The Labute approximate surface area is 58.5 Å². The second-order valence-electron chi connectivity index (χ2n) is 2.07. The lowest BCUT2D eigenvalue weighted by molar-refractivity contribution is 0.495. The lowest BCUT2D eigenvalue weighted by Gasteiger charge is -1.94. The molecule has 0 bridgehead atoms. The molecule has 10 heavy (non-hydrogen) atoms. The van der Waals surface area contributed by atoms with Gasteiger partial charge in [-0.25, -0.2) is 4.39 Å². The molecule has 0 radical (unpaired) electrons. The highest BCUT2D eigenvalue weighted by atomic mass is 19.1. The van der Waals surface area contributed by atoms with Crippen molar-refractivity contribution in [1.29, 1.82) is 0 Å². The Kier molecular flexibility index (Phi) is 2.37. The highest BCUT2D eigenvalue weighted by Crippen LogP contribution is 2.02. The smallest absolute Gasteiger partial charge is 0.123 e. The van der Waals surface area contributed by atoms with E-state index in [1.54, 1.807) is 12.1 Å². The summed E-state index contributed by atoms with van der Waals surface area (Å²) in [5, 5.41) is 0. The van der Waals surface area contributed by atoms with Crippen LogP contribution in [0.15, 0.2) is 24.3 Å². The highest BCUT2D eigenvalue weighted by Gasteiger charge is 1.91. The minimum absolute atomic E-state index is 0.275. The van der Waals surface area contributed by atoms with Crippen molar-refractivity contribution in [3.05, 3.63) is 35.6 Å². The van der Waals surface area contributed by atoms with E-state index >= 15 is 0 Å². The molecule has 0 aromatic heterocycles. The first-order chi connectivity index (χ1) is 4.83. The minimum atomic E-state index is -0.383. The third-order valence-corrected chi connectivity index (χ3v) is 1.30. The summed E-state index contributed by atoms with van der Waals surface area (Å²) in [6.45, 7) is -0.383. The summed E-state index contributed by atoms with van der Waals surface area (Å²) in [5.74, 6) is -0.275. The van der Waals surface area contributed by atoms with E-state index in [0.717, 1.165) is 5.56 Å². The van der Waals surface area contributed by atoms with Crippen molar-refractivity contribution in [2.75, 3.05) is 6.67 Å². The average Bonchev–Trinajstić information content (AvgIpc) is 1.95. The van der Waals surface area contributed by atoms with Crippen molar-refractivity contribution in [2.45, 2.75) is 6.42 Å². The van der Waals surface area contributed by atoms with Crippen LogP contribution in [0.5, 0.6) is 0 Å². The molecule has 0 heterocycles. The van der Waals surface area contributed by atoms with Crippen molar-refractivity contribution < 1.29 is 8.78 Å². The molecule has 0 aliphatic heterocycles. The van der Waals surface area contributed by atoms with Gasteiger partial charge in [0.15, 0.2) is 0 Å². The van der Waals surface area contributed by atoms with Crippen molar-refractivity contribution in [3.63, 3.8) is 0 Å². The molecular formula is C8H8F2. The zero-order valence-corrected chi connectivity index (χ0v) is 5.48. The molecule has 0 unspecified atom stereocenters. The van der Waals surface area contributed by atoms with Crippen molar-refractivity contribution >= 4 is 0 Å². The van der Waals surface area contributed by atoms with Crippen LogP contribution in [0.4, 0.5) is 8.78 Å². The molecule has 1 rings (SSSR count). The van der Waals surface area contributed by atoms with Gasteiger partial charge in [-0.1, -0.05) is 12.1 Å². The molecule has 1 aromatic carbocycles. The number of alkyl halides is 1. The predicted octanol–water partition coefficient (Wildman–Crippen LogP) is 2.34. The summed E-state index contributed by atoms with van der Waals surface area (Å²) in [6.07, 6.45) is 0.375. The summed E-state index contributed by atoms with van der Waals surface area (Å²) in [7, 11) is 0. The van der Waals surface area contributed by atoms with E-state index in [2.05, 4.69) is 0 Å². The van der Waals surface area contributed by atoms with Crippen molar-refractivity contribution in [3.8, 4) is 0 Å². The predicted molar refractivity (Wildman–Crippen MR) is 36.1 cm³/mol. The molecule has 54 valence electrons. The van der Waals surface area contributed by atoms with Gasteiger partial charge in [-0.15, -0.1) is 0 Å². The molecule has 0 atom stereocenters. The van der Waals surface area contributed by atoms with Crippen LogP contribution in [0.2, 0.25) is 0 Å². The molecule has 0 aliphatic carbocycles. The second-order valence-corrected chi connectivity index (χ2v) is 2.07. The Morgan fingerprint density at radius 2 is 1.70 bits per heavy atom. The fraction of sp³-hybridized carbons (Fsp3) is 0.250. The van der Waals surface area contributed by atoms with Gasteiger partial charge in [0.25, 0.3) is 0 Å². The topological polar surface area (TPSA) is 0 Å². The standard InChI is InChI=1S/C8H8F2/c9-6-5-7-1-3-8(10)4-2-7/h1-4H,5-6H2. The molecule has 0 saturated carbocycles. The molecule has 0 amide bonds. The molecule has 0 aliphatic rings. The van der Waals surface area contributed by atoms with Crippen molar-refractivity contribution in [1.82, 2.24) is 0 Å². The summed E-state index contributed by atoms with van der Waals surface area (Å²) in [5.41, 5.74) is 0.837. The van der Waals surface area contributed by atoms with Crippen LogP contribution in [0.1, 0.15) is 5.56 Å². The monoisotopic (exact) mass is 142 g/mol. The van der Waals surface area contributed by atoms with Gasteiger partial charge >= 0.3 is 0 Å². The lowest BCUT2D eigenvalue weighted by Crippen LogP contribution is -1.85. The first-order valence-electron chi connectivity index (χ1n) is 3.13. The van der Waals surface area contributed by atoms with E-state index in [4.69, 9.17) is 0 Å². The van der Waals surface area contributed by atoms with Gasteiger partial charge in [0.1, 0.15) is 5.82 Å². The Balaban J connectivity index is 2.69. The molecule has 0 fully saturated rings. The van der Waals surface area contributed by atoms with Crippen LogP contribution < -0.4 is 0 Å². The third kappa shape index (κ3) is 1.79. The fourth-order valence-electron chi connectivity index (χ4n) is 0.760. The van der Waals surface area contributed by atoms with Crippen LogP contribution in [-0.2, 0) is 6.42 Å². The maximum atomic E-state index is 12.2. The number of hydrogen-bond donors (Lipinski definition) is 0. The van der Waals surface area contributed by atoms with Gasteiger partial charge in [-0.05, 0) is 17.7 Å². The van der Waals surface area contributed by atoms with Gasteiger partial charge in [0, 0.05) is 6.42 Å². The number of halogens is 2. The zero-order valence-electron chi connectivity index (χ0n) is 5.48. The van der Waals surface area contributed by atoms with E-state index in [1.165, 1.54) is 12.1 Å². The number of rotatable bonds is 2. The van der Waals surface area contributed by atoms with Gasteiger partial charge < -0.3 is 0 Å². The Morgan fingerprint density at radius 3 is 2.20 bits per heavy atom. The maximum Gasteiger partial charge on any atom is 0.123 e. The summed E-state index contributed by atoms with van der Waals surface area (Å²) >= 11 is 0. The number of aryl methyl sites for hydroxylation is 1. The second kappa shape index (κ2) is 3.30. The van der Waals surface area contributed by atoms with E-state index < -0.39 is 0 Å². The van der Waals surface area contributed by atoms with E-state index in [9.17, 15) is 8.78 Å².